The minimum Gasteiger partial charge on any atom is -0.375 e. The molecule has 0 saturated carbocycles. The molecular weight excluding hydrogens is 156 g/mol. The molecule has 1 aromatic carbocycles. The fourth-order valence-corrected chi connectivity index (χ4v) is 1.90. The van der Waals surface area contributed by atoms with Gasteiger partial charge in [0, 0.05) is 0 Å². The Bertz CT molecular complexity index is 392. The van der Waals surface area contributed by atoms with E-state index in [1.165, 1.54) is 10.3 Å². The minimum absolute atomic E-state index is 0.648. The van der Waals surface area contributed by atoms with Gasteiger partial charge in [0.1, 0.15) is 0 Å². The van der Waals surface area contributed by atoms with E-state index >= 15 is 0 Å². The van der Waals surface area contributed by atoms with Crippen molar-refractivity contribution in [1.29, 1.82) is 0 Å². The van der Waals surface area contributed by atoms with Crippen molar-refractivity contribution in [1.82, 2.24) is 4.98 Å². The molecule has 0 radical (unpaired) electrons. The third-order valence-electron chi connectivity index (χ3n) is 1.63. The van der Waals surface area contributed by atoms with Gasteiger partial charge in [-0.2, -0.15) is 0 Å². The second-order valence-corrected chi connectivity index (χ2v) is 3.51. The van der Waals surface area contributed by atoms with Crippen LogP contribution < -0.4 is 5.73 Å². The van der Waals surface area contributed by atoms with E-state index in [9.17, 15) is 0 Å². The summed E-state index contributed by atoms with van der Waals surface area (Å²) in [6.07, 6.45) is 0. The number of anilines is 1. The molecule has 2 nitrogen and oxygen atoms in total. The molecular formula is C8H8N2S. The third kappa shape index (κ3) is 0.973. The number of hydrogen-bond donors (Lipinski definition) is 1. The van der Waals surface area contributed by atoms with E-state index in [1.807, 2.05) is 12.1 Å². The maximum Gasteiger partial charge on any atom is 0.181 e. The molecule has 0 bridgehead atoms. The van der Waals surface area contributed by atoms with Crippen molar-refractivity contribution in [3.8, 4) is 0 Å². The van der Waals surface area contributed by atoms with Crippen LogP contribution in [0.5, 0.6) is 0 Å². The quantitative estimate of drug-likeness (QED) is 0.648. The van der Waals surface area contributed by atoms with E-state index in [-0.39, 0.29) is 0 Å². The van der Waals surface area contributed by atoms with Crippen LogP contribution in [0.4, 0.5) is 5.13 Å². The maximum absolute atomic E-state index is 5.57. The van der Waals surface area contributed by atoms with Crippen LogP contribution in [0.2, 0.25) is 0 Å². The van der Waals surface area contributed by atoms with Crippen LogP contribution in [0.15, 0.2) is 18.2 Å². The Morgan fingerprint density at radius 1 is 1.45 bits per heavy atom. The van der Waals surface area contributed by atoms with Crippen molar-refractivity contribution in [2.75, 3.05) is 5.73 Å². The molecule has 2 rings (SSSR count). The Hall–Kier alpha value is -1.09. The Kier molecular flexibility index (Phi) is 1.32. The zero-order valence-electron chi connectivity index (χ0n) is 6.16. The lowest BCUT2D eigenvalue weighted by Gasteiger charge is -1.89. The maximum atomic E-state index is 5.57. The molecule has 0 atom stereocenters. The Balaban J connectivity index is 2.90. The van der Waals surface area contributed by atoms with E-state index in [0.717, 1.165) is 5.52 Å². The number of nitrogen functional groups attached to an aromatic ring is 1. The SMILES string of the molecule is Cc1cccc2nc(N)sc12. The number of benzene rings is 1. The highest BCUT2D eigenvalue weighted by atomic mass is 32.1. The smallest absolute Gasteiger partial charge is 0.181 e. The number of rotatable bonds is 0. The van der Waals surface area contributed by atoms with Crippen LogP contribution >= 0.6 is 11.3 Å². The van der Waals surface area contributed by atoms with E-state index in [1.54, 1.807) is 11.3 Å². The van der Waals surface area contributed by atoms with Crippen molar-refractivity contribution < 1.29 is 0 Å². The number of fused-ring (bicyclic) bond motifs is 1. The molecule has 0 aliphatic rings. The molecule has 3 heteroatoms. The summed E-state index contributed by atoms with van der Waals surface area (Å²) < 4.78 is 1.20. The predicted octanol–water partition coefficient (Wildman–Crippen LogP) is 2.19. The average Bonchev–Trinajstić information content (AvgIpc) is 2.31. The zero-order valence-corrected chi connectivity index (χ0v) is 6.98. The normalized spacial score (nSPS) is 10.6. The summed E-state index contributed by atoms with van der Waals surface area (Å²) in [6, 6.07) is 6.05. The monoisotopic (exact) mass is 164 g/mol. The topological polar surface area (TPSA) is 38.9 Å². The van der Waals surface area contributed by atoms with Crippen molar-refractivity contribution in [2.24, 2.45) is 0 Å². The fourth-order valence-electron chi connectivity index (χ4n) is 1.10. The van der Waals surface area contributed by atoms with Gasteiger partial charge in [0.2, 0.25) is 0 Å². The molecule has 0 spiro atoms. The number of hydrogen-bond acceptors (Lipinski definition) is 3. The molecule has 0 amide bonds. The Morgan fingerprint density at radius 3 is 3.00 bits per heavy atom. The molecule has 0 fully saturated rings. The third-order valence-corrected chi connectivity index (χ3v) is 2.66. The summed E-state index contributed by atoms with van der Waals surface area (Å²) in [5, 5.41) is 0.648. The van der Waals surface area contributed by atoms with Gasteiger partial charge in [-0.1, -0.05) is 23.5 Å². The van der Waals surface area contributed by atoms with Gasteiger partial charge in [-0.15, -0.1) is 0 Å². The van der Waals surface area contributed by atoms with Crippen molar-refractivity contribution in [3.63, 3.8) is 0 Å². The summed E-state index contributed by atoms with van der Waals surface area (Å²) in [4.78, 5) is 4.17. The van der Waals surface area contributed by atoms with Crippen LogP contribution in [-0.4, -0.2) is 4.98 Å². The molecule has 0 aliphatic heterocycles. The molecule has 2 aromatic rings. The van der Waals surface area contributed by atoms with Crippen molar-refractivity contribution in [2.45, 2.75) is 6.92 Å². The molecule has 0 aliphatic carbocycles. The van der Waals surface area contributed by atoms with Crippen LogP contribution in [-0.2, 0) is 0 Å². The van der Waals surface area contributed by atoms with Crippen LogP contribution in [0.3, 0.4) is 0 Å². The zero-order chi connectivity index (χ0) is 7.84. The first-order valence-corrected chi connectivity index (χ1v) is 4.20. The summed E-state index contributed by atoms with van der Waals surface area (Å²) in [5.41, 5.74) is 7.82. The molecule has 56 valence electrons. The molecule has 0 unspecified atom stereocenters. The Morgan fingerprint density at radius 2 is 2.27 bits per heavy atom. The number of nitrogens with two attached hydrogens (primary N) is 1. The minimum atomic E-state index is 0.648. The Labute approximate surface area is 68.7 Å². The first kappa shape index (κ1) is 6.61. The molecule has 1 heterocycles. The van der Waals surface area contributed by atoms with Crippen LogP contribution in [0.25, 0.3) is 10.2 Å². The highest BCUT2D eigenvalue weighted by Gasteiger charge is 2.01. The van der Waals surface area contributed by atoms with Gasteiger partial charge in [-0.25, -0.2) is 4.98 Å². The summed E-state index contributed by atoms with van der Waals surface area (Å²) in [7, 11) is 0. The lowest BCUT2D eigenvalue weighted by atomic mass is 10.2. The van der Waals surface area contributed by atoms with Crippen molar-refractivity contribution >= 4 is 26.7 Å². The second kappa shape index (κ2) is 2.20. The largest absolute Gasteiger partial charge is 0.375 e. The molecule has 1 aromatic heterocycles. The van der Waals surface area contributed by atoms with Gasteiger partial charge in [0.05, 0.1) is 10.2 Å². The second-order valence-electron chi connectivity index (χ2n) is 2.48. The number of thiazole rings is 1. The summed E-state index contributed by atoms with van der Waals surface area (Å²) in [5.74, 6) is 0. The number of aromatic nitrogens is 1. The van der Waals surface area contributed by atoms with E-state index < -0.39 is 0 Å². The van der Waals surface area contributed by atoms with E-state index in [4.69, 9.17) is 5.73 Å². The average molecular weight is 164 g/mol. The number of aryl methyl sites for hydroxylation is 1. The van der Waals surface area contributed by atoms with Crippen LogP contribution in [0, 0.1) is 6.92 Å². The predicted molar refractivity (Wildman–Crippen MR) is 48.8 cm³/mol. The van der Waals surface area contributed by atoms with Gasteiger partial charge in [0.15, 0.2) is 5.13 Å². The lowest BCUT2D eigenvalue weighted by molar-refractivity contribution is 1.47. The van der Waals surface area contributed by atoms with E-state index in [2.05, 4.69) is 18.0 Å². The lowest BCUT2D eigenvalue weighted by Crippen LogP contribution is -1.78. The first-order chi connectivity index (χ1) is 5.27. The summed E-state index contributed by atoms with van der Waals surface area (Å²) >= 11 is 1.55. The van der Waals surface area contributed by atoms with Gasteiger partial charge < -0.3 is 5.73 Å². The highest BCUT2D eigenvalue weighted by Crippen LogP contribution is 2.25. The molecule has 2 N–H and O–H groups in total. The standard InChI is InChI=1S/C8H8N2S/c1-5-3-2-4-6-7(5)11-8(9)10-6/h2-4H,1H3,(H2,9,10). The van der Waals surface area contributed by atoms with Crippen molar-refractivity contribution in [3.05, 3.63) is 23.8 Å². The van der Waals surface area contributed by atoms with Crippen LogP contribution in [0.1, 0.15) is 5.56 Å². The summed E-state index contributed by atoms with van der Waals surface area (Å²) in [6.45, 7) is 2.07. The highest BCUT2D eigenvalue weighted by molar-refractivity contribution is 7.22. The fraction of sp³-hybridized carbons (Fsp3) is 0.125. The molecule has 0 saturated heterocycles. The van der Waals surface area contributed by atoms with Gasteiger partial charge in [0.25, 0.3) is 0 Å². The first-order valence-electron chi connectivity index (χ1n) is 3.39. The van der Waals surface area contributed by atoms with Gasteiger partial charge in [-0.05, 0) is 18.6 Å². The van der Waals surface area contributed by atoms with E-state index in [0.29, 0.717) is 5.13 Å². The number of nitrogens with zero attached hydrogens (tertiary/aromatic N) is 1. The van der Waals surface area contributed by atoms with Gasteiger partial charge >= 0.3 is 0 Å². The molecule has 11 heavy (non-hydrogen) atoms. The van der Waals surface area contributed by atoms with Gasteiger partial charge in [-0.3, -0.25) is 0 Å².